The number of oxazole rings is 1. The smallest absolute Gasteiger partial charge is 0.408 e. The highest BCUT2D eigenvalue weighted by atomic mass is 16.4. The van der Waals surface area contributed by atoms with Gasteiger partial charge in [0.2, 0.25) is 0 Å². The van der Waals surface area contributed by atoms with Crippen LogP contribution in [0.1, 0.15) is 12.0 Å². The maximum absolute atomic E-state index is 11.5. The first-order valence-corrected chi connectivity index (χ1v) is 6.75. The summed E-state index contributed by atoms with van der Waals surface area (Å²) < 4.78 is 6.63. The van der Waals surface area contributed by atoms with Crippen LogP contribution in [0, 0.1) is 11.3 Å². The van der Waals surface area contributed by atoms with Gasteiger partial charge in [-0.1, -0.05) is 30.3 Å². The van der Waals surface area contributed by atoms with Crippen molar-refractivity contribution in [1.82, 2.24) is 4.57 Å². The van der Waals surface area contributed by atoms with Crippen LogP contribution < -0.4 is 5.76 Å². The van der Waals surface area contributed by atoms with E-state index in [1.54, 1.807) is 7.05 Å². The Morgan fingerprint density at radius 3 is 2.57 bits per heavy atom. The molecule has 4 nitrogen and oxygen atoms in total. The highest BCUT2D eigenvalue weighted by Gasteiger charge is 2.07. The topological polar surface area (TPSA) is 58.9 Å². The van der Waals surface area contributed by atoms with Crippen LogP contribution in [0.3, 0.4) is 0 Å². The van der Waals surface area contributed by atoms with Crippen molar-refractivity contribution in [2.24, 2.45) is 7.05 Å². The van der Waals surface area contributed by atoms with Crippen LogP contribution >= 0.6 is 0 Å². The predicted octanol–water partition coefficient (Wildman–Crippen LogP) is 3.25. The van der Waals surface area contributed by atoms with Gasteiger partial charge in [-0.05, 0) is 35.2 Å². The molecule has 0 aliphatic heterocycles. The molecule has 0 aliphatic carbocycles. The van der Waals surface area contributed by atoms with E-state index < -0.39 is 0 Å². The minimum atomic E-state index is -0.353. The number of nitriles is 1. The van der Waals surface area contributed by atoms with Gasteiger partial charge in [-0.3, -0.25) is 4.57 Å². The van der Waals surface area contributed by atoms with Crippen LogP contribution in [0.2, 0.25) is 0 Å². The zero-order chi connectivity index (χ0) is 14.8. The molecule has 0 atom stereocenters. The summed E-state index contributed by atoms with van der Waals surface area (Å²) in [6.45, 7) is 0. The van der Waals surface area contributed by atoms with E-state index in [9.17, 15) is 4.79 Å². The monoisotopic (exact) mass is 278 g/mol. The molecule has 3 rings (SSSR count). The fourth-order valence-electron chi connectivity index (χ4n) is 2.37. The fourth-order valence-corrected chi connectivity index (χ4v) is 2.37. The second kappa shape index (κ2) is 5.29. The molecule has 3 aromatic rings. The lowest BCUT2D eigenvalue weighted by atomic mass is 10.0. The molecule has 0 saturated heterocycles. The van der Waals surface area contributed by atoms with E-state index in [-0.39, 0.29) is 5.76 Å². The molecule has 0 amide bonds. The Morgan fingerprint density at radius 1 is 1.14 bits per heavy atom. The average molecular weight is 278 g/mol. The largest absolute Gasteiger partial charge is 0.419 e. The highest BCUT2D eigenvalue weighted by Crippen LogP contribution is 2.24. The van der Waals surface area contributed by atoms with Gasteiger partial charge in [-0.2, -0.15) is 5.26 Å². The molecule has 2 aromatic carbocycles. The number of nitrogens with zero attached hydrogens (tertiary/aromatic N) is 2. The first kappa shape index (κ1) is 13.2. The van der Waals surface area contributed by atoms with Gasteiger partial charge in [0.15, 0.2) is 5.58 Å². The summed E-state index contributed by atoms with van der Waals surface area (Å²) in [5.41, 5.74) is 4.64. The number of aromatic nitrogens is 1. The van der Waals surface area contributed by atoms with Crippen molar-refractivity contribution < 1.29 is 4.42 Å². The van der Waals surface area contributed by atoms with Gasteiger partial charge >= 0.3 is 5.76 Å². The first-order chi connectivity index (χ1) is 10.2. The molecule has 0 spiro atoms. The quantitative estimate of drug-likeness (QED) is 0.739. The molecule has 0 saturated carbocycles. The zero-order valence-electron chi connectivity index (χ0n) is 11.7. The molecule has 21 heavy (non-hydrogen) atoms. The minimum absolute atomic E-state index is 0.353. The van der Waals surface area contributed by atoms with E-state index in [1.165, 1.54) is 4.57 Å². The van der Waals surface area contributed by atoms with Gasteiger partial charge in [0.1, 0.15) is 0 Å². The Morgan fingerprint density at radius 2 is 1.86 bits per heavy atom. The van der Waals surface area contributed by atoms with Crippen LogP contribution in [0.5, 0.6) is 0 Å². The molecular weight excluding hydrogens is 264 g/mol. The summed E-state index contributed by atoms with van der Waals surface area (Å²) in [5, 5.41) is 8.60. The summed E-state index contributed by atoms with van der Waals surface area (Å²) in [4.78, 5) is 11.5. The van der Waals surface area contributed by atoms with E-state index >= 15 is 0 Å². The average Bonchev–Trinajstić information content (AvgIpc) is 2.80. The van der Waals surface area contributed by atoms with Crippen LogP contribution in [-0.2, 0) is 13.5 Å². The molecule has 0 unspecified atom stereocenters. The van der Waals surface area contributed by atoms with Crippen molar-refractivity contribution in [1.29, 1.82) is 5.26 Å². The van der Waals surface area contributed by atoms with E-state index in [1.807, 2.05) is 42.5 Å². The van der Waals surface area contributed by atoms with Gasteiger partial charge in [-0.25, -0.2) is 4.79 Å². The second-order valence-electron chi connectivity index (χ2n) is 4.96. The number of hydrogen-bond donors (Lipinski definition) is 0. The molecule has 0 radical (unpaired) electrons. The van der Waals surface area contributed by atoms with Crippen molar-refractivity contribution >= 4 is 11.1 Å². The number of benzene rings is 2. The molecule has 1 aromatic heterocycles. The fraction of sp³-hybridized carbons (Fsp3) is 0.176. The molecule has 1 heterocycles. The summed E-state index contributed by atoms with van der Waals surface area (Å²) >= 11 is 0. The first-order valence-electron chi connectivity index (χ1n) is 6.75. The zero-order valence-corrected chi connectivity index (χ0v) is 11.7. The Kier molecular flexibility index (Phi) is 3.33. The van der Waals surface area contributed by atoms with E-state index in [0.29, 0.717) is 12.0 Å². The van der Waals surface area contributed by atoms with Crippen molar-refractivity contribution in [2.45, 2.75) is 12.8 Å². The lowest BCUT2D eigenvalue weighted by Gasteiger charge is -2.04. The van der Waals surface area contributed by atoms with Crippen molar-refractivity contribution in [3.8, 4) is 17.2 Å². The van der Waals surface area contributed by atoms with E-state index in [4.69, 9.17) is 9.68 Å². The standard InChI is InChI=1S/C17H14N2O2/c1-19-15-11-14(8-9-16(15)21-17(19)20)13-6-4-12(5-7-13)3-2-10-18/h4-9,11H,2-3H2,1H3. The lowest BCUT2D eigenvalue weighted by Crippen LogP contribution is -2.08. The molecule has 4 heteroatoms. The Balaban J connectivity index is 1.98. The van der Waals surface area contributed by atoms with Gasteiger partial charge in [0.05, 0.1) is 11.6 Å². The Labute approximate surface area is 121 Å². The number of hydrogen-bond acceptors (Lipinski definition) is 3. The van der Waals surface area contributed by atoms with Crippen LogP contribution in [-0.4, -0.2) is 4.57 Å². The molecular formula is C17H14N2O2. The SMILES string of the molecule is Cn1c(=O)oc2ccc(-c3ccc(CCC#N)cc3)cc21. The molecule has 0 bridgehead atoms. The maximum Gasteiger partial charge on any atom is 0.419 e. The Bertz CT molecular complexity index is 880. The normalized spacial score (nSPS) is 10.7. The van der Waals surface area contributed by atoms with Gasteiger partial charge in [0, 0.05) is 13.5 Å². The maximum atomic E-state index is 11.5. The minimum Gasteiger partial charge on any atom is -0.408 e. The molecule has 0 aliphatic rings. The van der Waals surface area contributed by atoms with Crippen molar-refractivity contribution in [3.63, 3.8) is 0 Å². The number of aryl methyl sites for hydroxylation is 2. The van der Waals surface area contributed by atoms with Gasteiger partial charge < -0.3 is 4.42 Å². The third kappa shape index (κ3) is 2.46. The third-order valence-electron chi connectivity index (χ3n) is 3.60. The molecule has 104 valence electrons. The van der Waals surface area contributed by atoms with E-state index in [0.717, 1.165) is 28.6 Å². The third-order valence-corrected chi connectivity index (χ3v) is 3.60. The summed E-state index contributed by atoms with van der Waals surface area (Å²) in [6.07, 6.45) is 1.30. The van der Waals surface area contributed by atoms with Crippen LogP contribution in [0.15, 0.2) is 51.7 Å². The number of fused-ring (bicyclic) bond motifs is 1. The predicted molar refractivity (Wildman–Crippen MR) is 80.8 cm³/mol. The molecule has 0 fully saturated rings. The van der Waals surface area contributed by atoms with Crippen molar-refractivity contribution in [2.75, 3.05) is 0 Å². The van der Waals surface area contributed by atoms with Crippen LogP contribution in [0.4, 0.5) is 0 Å². The highest BCUT2D eigenvalue weighted by molar-refractivity contribution is 5.80. The lowest BCUT2D eigenvalue weighted by molar-refractivity contribution is 0.528. The van der Waals surface area contributed by atoms with Gasteiger partial charge in [0.25, 0.3) is 0 Å². The van der Waals surface area contributed by atoms with Gasteiger partial charge in [-0.15, -0.1) is 0 Å². The van der Waals surface area contributed by atoms with E-state index in [2.05, 4.69) is 6.07 Å². The Hall–Kier alpha value is -2.80. The molecule has 0 N–H and O–H groups in total. The van der Waals surface area contributed by atoms with Crippen molar-refractivity contribution in [3.05, 3.63) is 58.6 Å². The summed E-state index contributed by atoms with van der Waals surface area (Å²) in [7, 11) is 1.70. The summed E-state index contributed by atoms with van der Waals surface area (Å²) in [5.74, 6) is -0.353. The number of rotatable bonds is 3. The second-order valence-corrected chi connectivity index (χ2v) is 4.96. The summed E-state index contributed by atoms with van der Waals surface area (Å²) in [6, 6.07) is 16.0. The van der Waals surface area contributed by atoms with Crippen LogP contribution in [0.25, 0.3) is 22.2 Å².